The van der Waals surface area contributed by atoms with Crippen molar-refractivity contribution in [1.82, 2.24) is 43.2 Å². The van der Waals surface area contributed by atoms with Crippen molar-refractivity contribution < 1.29 is 13.2 Å². The summed E-state index contributed by atoms with van der Waals surface area (Å²) in [7, 11) is -0.0455. The second kappa shape index (κ2) is 7.92. The molecule has 1 unspecified atom stereocenters. The summed E-state index contributed by atoms with van der Waals surface area (Å²) < 4.78 is 38.7. The molecule has 0 aliphatic carbocycles. The van der Waals surface area contributed by atoms with E-state index in [0.29, 0.717) is 30.0 Å². The van der Waals surface area contributed by atoms with Crippen LogP contribution in [-0.4, -0.2) is 70.8 Å². The van der Waals surface area contributed by atoms with Gasteiger partial charge in [0, 0.05) is 39.1 Å². The quantitative estimate of drug-likeness (QED) is 0.410. The molecule has 0 radical (unpaired) electrons. The third kappa shape index (κ3) is 3.56. The zero-order valence-electron chi connectivity index (χ0n) is 18.9. The average Bonchev–Trinajstić information content (AvgIpc) is 3.57. The molecule has 1 aliphatic rings. The molecular formula is C20H25N9O3S. The molecule has 13 heteroatoms. The van der Waals surface area contributed by atoms with Crippen molar-refractivity contribution in [3.8, 4) is 17.3 Å². The van der Waals surface area contributed by atoms with E-state index in [2.05, 4.69) is 20.1 Å². The molecule has 0 spiro atoms. The van der Waals surface area contributed by atoms with Crippen LogP contribution in [0.15, 0.2) is 30.1 Å². The monoisotopic (exact) mass is 471 g/mol. The Hall–Kier alpha value is -3.32. The molecule has 0 aromatic carbocycles. The minimum absolute atomic E-state index is 0.0347. The molecule has 0 saturated carbocycles. The number of nitrogens with zero attached hydrogens (tertiary/aromatic N) is 9. The Morgan fingerprint density at radius 1 is 1.21 bits per heavy atom. The van der Waals surface area contributed by atoms with Crippen molar-refractivity contribution in [2.45, 2.75) is 37.9 Å². The second-order valence-corrected chi connectivity index (χ2v) is 9.96. The zero-order chi connectivity index (χ0) is 23.3. The molecule has 0 bridgehead atoms. The fraction of sp³-hybridized carbons (Fsp3) is 0.450. The zero-order valence-corrected chi connectivity index (χ0v) is 19.7. The van der Waals surface area contributed by atoms with Gasteiger partial charge in [0.05, 0.1) is 24.6 Å². The molecule has 0 amide bonds. The summed E-state index contributed by atoms with van der Waals surface area (Å²) in [6.07, 6.45) is 6.39. The Balaban J connectivity index is 1.41. The molecule has 33 heavy (non-hydrogen) atoms. The van der Waals surface area contributed by atoms with Gasteiger partial charge in [-0.25, -0.2) is 23.4 Å². The molecule has 174 valence electrons. The van der Waals surface area contributed by atoms with Gasteiger partial charge in [-0.3, -0.25) is 4.68 Å². The van der Waals surface area contributed by atoms with E-state index in [-0.39, 0.29) is 17.7 Å². The summed E-state index contributed by atoms with van der Waals surface area (Å²) in [5, 5.41) is 4.45. The van der Waals surface area contributed by atoms with Crippen molar-refractivity contribution >= 4 is 21.2 Å². The first-order valence-electron chi connectivity index (χ1n) is 10.6. The highest BCUT2D eigenvalue weighted by molar-refractivity contribution is 7.89. The van der Waals surface area contributed by atoms with E-state index in [9.17, 15) is 8.42 Å². The SMILES string of the molecule is CCn1ncc(-c2nc3c(OC4CCN(S(=O)(=O)c5cn(C)cn5)C4)ncnc3n2C)c1C. The summed E-state index contributed by atoms with van der Waals surface area (Å²) in [4.78, 5) is 17.4. The highest BCUT2D eigenvalue weighted by Gasteiger charge is 2.35. The van der Waals surface area contributed by atoms with Gasteiger partial charge in [0.25, 0.3) is 10.0 Å². The average molecular weight is 472 g/mol. The molecule has 4 aromatic heterocycles. The van der Waals surface area contributed by atoms with Crippen molar-refractivity contribution in [2.75, 3.05) is 13.1 Å². The largest absolute Gasteiger partial charge is 0.471 e. The molecule has 1 aliphatic heterocycles. The Morgan fingerprint density at radius 3 is 2.73 bits per heavy atom. The molecule has 1 atom stereocenters. The van der Waals surface area contributed by atoms with Gasteiger partial charge in [0.15, 0.2) is 16.2 Å². The fourth-order valence-corrected chi connectivity index (χ4v) is 5.57. The van der Waals surface area contributed by atoms with Gasteiger partial charge in [0.1, 0.15) is 18.3 Å². The summed E-state index contributed by atoms with van der Waals surface area (Å²) in [5.74, 6) is 1.06. The van der Waals surface area contributed by atoms with Crippen molar-refractivity contribution in [2.24, 2.45) is 14.1 Å². The van der Waals surface area contributed by atoms with Crippen LogP contribution in [0.1, 0.15) is 19.0 Å². The third-order valence-corrected chi connectivity index (χ3v) is 7.69. The van der Waals surface area contributed by atoms with Gasteiger partial charge < -0.3 is 13.9 Å². The lowest BCUT2D eigenvalue weighted by Gasteiger charge is -2.15. The normalized spacial score (nSPS) is 17.3. The number of aryl methyl sites for hydroxylation is 3. The topological polar surface area (TPSA) is 126 Å². The molecule has 0 N–H and O–H groups in total. The van der Waals surface area contributed by atoms with E-state index in [1.807, 2.05) is 30.1 Å². The second-order valence-electron chi connectivity index (χ2n) is 8.07. The van der Waals surface area contributed by atoms with Gasteiger partial charge in [-0.15, -0.1) is 0 Å². The maximum absolute atomic E-state index is 12.9. The van der Waals surface area contributed by atoms with Crippen LogP contribution >= 0.6 is 0 Å². The van der Waals surface area contributed by atoms with Gasteiger partial charge in [-0.2, -0.15) is 14.4 Å². The lowest BCUT2D eigenvalue weighted by Crippen LogP contribution is -2.31. The number of hydrogen-bond acceptors (Lipinski definition) is 8. The van der Waals surface area contributed by atoms with Crippen LogP contribution < -0.4 is 4.74 Å². The lowest BCUT2D eigenvalue weighted by atomic mass is 10.2. The highest BCUT2D eigenvalue weighted by atomic mass is 32.2. The molecule has 1 fully saturated rings. The summed E-state index contributed by atoms with van der Waals surface area (Å²) in [6, 6.07) is 0. The van der Waals surface area contributed by atoms with Crippen LogP contribution in [0.3, 0.4) is 0 Å². The number of rotatable bonds is 6. The van der Waals surface area contributed by atoms with Crippen molar-refractivity contribution in [1.29, 1.82) is 0 Å². The van der Waals surface area contributed by atoms with Gasteiger partial charge in [-0.1, -0.05) is 0 Å². The molecule has 5 heterocycles. The standard InChI is InChI=1S/C20H25N9O3S/c1-5-29-13(2)15(8-24-29)18-25-17-19(27(18)4)21-11-22-20(17)32-14-6-7-28(9-14)33(30,31)16-10-26(3)12-23-16/h8,10-12,14H,5-7,9H2,1-4H3. The minimum Gasteiger partial charge on any atom is -0.471 e. The Morgan fingerprint density at radius 2 is 2.03 bits per heavy atom. The number of sulfonamides is 1. The van der Waals surface area contributed by atoms with Crippen LogP contribution in [0.2, 0.25) is 0 Å². The first-order chi connectivity index (χ1) is 15.8. The maximum atomic E-state index is 12.9. The molecule has 12 nitrogen and oxygen atoms in total. The molecular weight excluding hydrogens is 446 g/mol. The highest BCUT2D eigenvalue weighted by Crippen LogP contribution is 2.30. The lowest BCUT2D eigenvalue weighted by molar-refractivity contribution is 0.209. The maximum Gasteiger partial charge on any atom is 0.262 e. The van der Waals surface area contributed by atoms with E-state index in [4.69, 9.17) is 9.72 Å². The van der Waals surface area contributed by atoms with Gasteiger partial charge in [0.2, 0.25) is 5.88 Å². The van der Waals surface area contributed by atoms with E-state index in [0.717, 1.165) is 23.6 Å². The van der Waals surface area contributed by atoms with Crippen LogP contribution in [-0.2, 0) is 30.7 Å². The van der Waals surface area contributed by atoms with E-state index < -0.39 is 10.0 Å². The Labute approximate surface area is 190 Å². The van der Waals surface area contributed by atoms with Crippen LogP contribution in [0.5, 0.6) is 5.88 Å². The third-order valence-electron chi connectivity index (χ3n) is 5.94. The van der Waals surface area contributed by atoms with Crippen LogP contribution in [0, 0.1) is 6.92 Å². The number of imidazole rings is 2. The predicted octanol–water partition coefficient (Wildman–Crippen LogP) is 1.13. The molecule has 4 aromatic rings. The predicted molar refractivity (Wildman–Crippen MR) is 119 cm³/mol. The molecule has 5 rings (SSSR count). The van der Waals surface area contributed by atoms with E-state index >= 15 is 0 Å². The number of aromatic nitrogens is 8. The summed E-state index contributed by atoms with van der Waals surface area (Å²) in [6.45, 7) is 5.37. The summed E-state index contributed by atoms with van der Waals surface area (Å²) >= 11 is 0. The number of fused-ring (bicyclic) bond motifs is 1. The first kappa shape index (κ1) is 21.5. The van der Waals surface area contributed by atoms with Gasteiger partial charge >= 0.3 is 0 Å². The Kier molecular flexibility index (Phi) is 5.16. The van der Waals surface area contributed by atoms with Crippen molar-refractivity contribution in [3.05, 3.63) is 30.7 Å². The van der Waals surface area contributed by atoms with Crippen LogP contribution in [0.25, 0.3) is 22.6 Å². The molecule has 1 saturated heterocycles. The van der Waals surface area contributed by atoms with Crippen molar-refractivity contribution in [3.63, 3.8) is 0 Å². The van der Waals surface area contributed by atoms with E-state index in [1.165, 1.54) is 23.2 Å². The fourth-order valence-electron chi connectivity index (χ4n) is 4.11. The number of hydrogen-bond donors (Lipinski definition) is 0. The number of ether oxygens (including phenoxy) is 1. The first-order valence-corrected chi connectivity index (χ1v) is 12.1. The summed E-state index contributed by atoms with van der Waals surface area (Å²) in [5.41, 5.74) is 3.09. The smallest absolute Gasteiger partial charge is 0.262 e. The minimum atomic E-state index is -3.67. The Bertz CT molecular complexity index is 1440. The van der Waals surface area contributed by atoms with Gasteiger partial charge in [-0.05, 0) is 20.3 Å². The van der Waals surface area contributed by atoms with Crippen LogP contribution in [0.4, 0.5) is 0 Å². The van der Waals surface area contributed by atoms with E-state index in [1.54, 1.807) is 17.8 Å².